The average Bonchev–Trinajstić information content (AvgIpc) is 3.06. The van der Waals surface area contributed by atoms with E-state index in [0.29, 0.717) is 18.4 Å². The third-order valence-corrected chi connectivity index (χ3v) is 8.01. The molecule has 5 atom stereocenters. The predicted molar refractivity (Wildman–Crippen MR) is 189 cm³/mol. The van der Waals surface area contributed by atoms with Gasteiger partial charge in [0.15, 0.2) is 5.96 Å². The van der Waals surface area contributed by atoms with E-state index in [1.165, 1.54) is 18.2 Å². The Balaban J connectivity index is 2.43. The lowest BCUT2D eigenvalue weighted by Gasteiger charge is -2.27. The summed E-state index contributed by atoms with van der Waals surface area (Å²) in [6.45, 7) is 3.45. The zero-order chi connectivity index (χ0) is 38.8. The summed E-state index contributed by atoms with van der Waals surface area (Å²) in [5.74, 6) is -6.06. The highest BCUT2D eigenvalue weighted by Crippen LogP contribution is 2.12. The number of nitrogens with zero attached hydrogens (tertiary/aromatic N) is 1. The molecular weight excluding hydrogens is 681 g/mol. The number of benzene rings is 1. The molecule has 0 unspecified atom stereocenters. The van der Waals surface area contributed by atoms with Gasteiger partial charge in [0.1, 0.15) is 36.0 Å². The number of carbonyl (C=O) groups excluding carboxylic acids is 7. The van der Waals surface area contributed by atoms with Crippen molar-refractivity contribution < 1.29 is 38.0 Å². The average molecular weight is 734 g/mol. The van der Waals surface area contributed by atoms with E-state index in [0.717, 1.165) is 0 Å². The van der Waals surface area contributed by atoms with Crippen LogP contribution >= 0.6 is 0 Å². The maximum absolute atomic E-state index is 13.9. The molecule has 1 heterocycles. The van der Waals surface area contributed by atoms with Crippen LogP contribution in [0.2, 0.25) is 0 Å². The Bertz CT molecular complexity index is 1450. The van der Waals surface area contributed by atoms with Crippen LogP contribution in [0.15, 0.2) is 29.3 Å². The molecule has 1 fully saturated rings. The molecule has 14 N–H and O–H groups in total. The maximum Gasteiger partial charge on any atom is 0.243 e. The van der Waals surface area contributed by atoms with Gasteiger partial charge in [0.05, 0.1) is 13.0 Å². The Morgan fingerprint density at radius 3 is 2.31 bits per heavy atom. The molecular formula is C33H52FN11O7. The Kier molecular flexibility index (Phi) is 17.9. The van der Waals surface area contributed by atoms with Crippen LogP contribution in [0.5, 0.6) is 0 Å². The van der Waals surface area contributed by atoms with E-state index in [1.54, 1.807) is 6.07 Å². The first kappa shape index (κ1) is 42.8. The van der Waals surface area contributed by atoms with Gasteiger partial charge in [0.25, 0.3) is 0 Å². The van der Waals surface area contributed by atoms with Gasteiger partial charge in [-0.2, -0.15) is 0 Å². The fourth-order valence-corrected chi connectivity index (χ4v) is 5.38. The lowest BCUT2D eigenvalue weighted by Crippen LogP contribution is -2.59. The SMILES string of the molecule is CC(C)C[C@@H]1NC(=O)[C@@H](NC(=O)[C@H](Cc2cccc(F)c2)NC(=O)CN)CCCCNC(=O)C[C@@H](C(N)=O)NC(=O)[C@H](CCCN=C(N)N)NC1=O. The summed E-state index contributed by atoms with van der Waals surface area (Å²) >= 11 is 0. The molecule has 1 aliphatic rings. The fraction of sp³-hybridized carbons (Fsp3) is 0.576. The number of carbonyl (C=O) groups is 7. The molecule has 19 heteroatoms. The molecule has 0 aromatic heterocycles. The van der Waals surface area contributed by atoms with Crippen LogP contribution < -0.4 is 54.8 Å². The highest BCUT2D eigenvalue weighted by Gasteiger charge is 2.33. The lowest BCUT2D eigenvalue weighted by molar-refractivity contribution is -0.135. The molecule has 0 radical (unpaired) electrons. The molecule has 1 aromatic carbocycles. The van der Waals surface area contributed by atoms with Crippen molar-refractivity contribution in [3.05, 3.63) is 35.6 Å². The topological polar surface area (TPSA) is 308 Å². The number of guanidine groups is 1. The number of nitrogens with one attached hydrogen (secondary N) is 6. The highest BCUT2D eigenvalue weighted by molar-refractivity contribution is 5.97. The molecule has 0 aliphatic carbocycles. The van der Waals surface area contributed by atoms with Gasteiger partial charge in [-0.1, -0.05) is 26.0 Å². The quantitative estimate of drug-likeness (QED) is 0.0558. The first-order valence-corrected chi connectivity index (χ1v) is 17.2. The van der Waals surface area contributed by atoms with Gasteiger partial charge in [-0.25, -0.2) is 4.39 Å². The van der Waals surface area contributed by atoms with Crippen LogP contribution in [-0.4, -0.2) is 97.2 Å². The summed E-state index contributed by atoms with van der Waals surface area (Å²) in [5.41, 5.74) is 22.1. The normalized spacial score (nSPS) is 21.3. The number of halogens is 1. The summed E-state index contributed by atoms with van der Waals surface area (Å²) in [6.07, 6.45) is 0.481. The predicted octanol–water partition coefficient (Wildman–Crippen LogP) is -2.97. The third-order valence-electron chi connectivity index (χ3n) is 8.01. The lowest BCUT2D eigenvalue weighted by atomic mass is 10.00. The second kappa shape index (κ2) is 21.8. The Labute approximate surface area is 301 Å². The first-order valence-electron chi connectivity index (χ1n) is 17.2. The van der Waals surface area contributed by atoms with Crippen molar-refractivity contribution in [3.8, 4) is 0 Å². The van der Waals surface area contributed by atoms with Gasteiger partial charge in [0.2, 0.25) is 41.4 Å². The van der Waals surface area contributed by atoms with Crippen LogP contribution in [-0.2, 0) is 40.0 Å². The molecule has 52 heavy (non-hydrogen) atoms. The Morgan fingerprint density at radius 2 is 1.67 bits per heavy atom. The number of rotatable bonds is 13. The van der Waals surface area contributed by atoms with Crippen molar-refractivity contribution in [1.82, 2.24) is 31.9 Å². The molecule has 0 saturated carbocycles. The summed E-state index contributed by atoms with van der Waals surface area (Å²) < 4.78 is 13.9. The molecule has 1 saturated heterocycles. The van der Waals surface area contributed by atoms with Crippen LogP contribution in [0.3, 0.4) is 0 Å². The zero-order valence-corrected chi connectivity index (χ0v) is 29.5. The number of hydrogen-bond acceptors (Lipinski definition) is 9. The van der Waals surface area contributed by atoms with Gasteiger partial charge in [0, 0.05) is 19.5 Å². The van der Waals surface area contributed by atoms with Crippen molar-refractivity contribution in [1.29, 1.82) is 0 Å². The molecule has 288 valence electrons. The molecule has 0 bridgehead atoms. The van der Waals surface area contributed by atoms with Gasteiger partial charge in [-0.05, 0) is 62.1 Å². The fourth-order valence-electron chi connectivity index (χ4n) is 5.38. The van der Waals surface area contributed by atoms with Crippen molar-refractivity contribution in [2.45, 2.75) is 95.4 Å². The van der Waals surface area contributed by atoms with Gasteiger partial charge >= 0.3 is 0 Å². The highest BCUT2D eigenvalue weighted by atomic mass is 19.1. The summed E-state index contributed by atoms with van der Waals surface area (Å²) in [6, 6.07) is -0.805. The number of aliphatic imine (C=N–C) groups is 1. The zero-order valence-electron chi connectivity index (χ0n) is 29.5. The van der Waals surface area contributed by atoms with E-state index in [9.17, 15) is 38.0 Å². The Hall–Kier alpha value is -5.33. The number of nitrogens with two attached hydrogens (primary N) is 4. The minimum absolute atomic E-state index is 0.00822. The molecule has 7 amide bonds. The number of amides is 7. The number of hydrogen-bond donors (Lipinski definition) is 10. The minimum Gasteiger partial charge on any atom is -0.370 e. The van der Waals surface area contributed by atoms with Crippen LogP contribution in [0.25, 0.3) is 0 Å². The van der Waals surface area contributed by atoms with Gasteiger partial charge in [-0.15, -0.1) is 0 Å². The summed E-state index contributed by atoms with van der Waals surface area (Å²) in [4.78, 5) is 95.5. The first-order chi connectivity index (χ1) is 24.6. The van der Waals surface area contributed by atoms with Crippen molar-refractivity contribution in [3.63, 3.8) is 0 Å². The standard InChI is InChI=1S/C33H52FN11O7/c1-18(2)13-24-31(51)43-22(10-6-12-40-33(37)38)29(49)44-23(28(36)48)16-26(46)39-11-4-3-9-21(30(50)45-24)42-32(52)25(41-27(47)17-35)15-19-7-5-8-20(34)14-19/h5,7-8,14,18,21-25H,3-4,6,9-13,15-17,35H2,1-2H3,(H2,36,48)(H,39,46)(H,41,47)(H,42,52)(H,43,51)(H,44,49)(H,45,50)(H4,37,38,40)/t21-,22-,23-,24-,25-/m0/s1. The van der Waals surface area contributed by atoms with Crippen molar-refractivity contribution >= 4 is 47.3 Å². The van der Waals surface area contributed by atoms with Crippen LogP contribution in [0.4, 0.5) is 4.39 Å². The largest absolute Gasteiger partial charge is 0.370 e. The minimum atomic E-state index is -1.38. The molecule has 18 nitrogen and oxygen atoms in total. The number of primary amides is 1. The van der Waals surface area contributed by atoms with Crippen LogP contribution in [0.1, 0.15) is 64.4 Å². The Morgan fingerprint density at radius 1 is 0.981 bits per heavy atom. The van der Waals surface area contributed by atoms with E-state index in [1.807, 2.05) is 13.8 Å². The maximum atomic E-state index is 13.9. The molecule has 1 aliphatic heterocycles. The summed E-state index contributed by atoms with van der Waals surface area (Å²) in [5, 5.41) is 15.5. The summed E-state index contributed by atoms with van der Waals surface area (Å²) in [7, 11) is 0. The van der Waals surface area contributed by atoms with E-state index < -0.39 is 90.3 Å². The van der Waals surface area contributed by atoms with Crippen molar-refractivity contribution in [2.24, 2.45) is 33.8 Å². The van der Waals surface area contributed by atoms with E-state index >= 15 is 0 Å². The second-order valence-corrected chi connectivity index (χ2v) is 12.9. The van der Waals surface area contributed by atoms with E-state index in [-0.39, 0.29) is 57.1 Å². The van der Waals surface area contributed by atoms with Crippen molar-refractivity contribution in [2.75, 3.05) is 19.6 Å². The van der Waals surface area contributed by atoms with Gasteiger partial charge < -0.3 is 54.8 Å². The van der Waals surface area contributed by atoms with E-state index in [2.05, 4.69) is 36.9 Å². The second-order valence-electron chi connectivity index (χ2n) is 12.9. The van der Waals surface area contributed by atoms with Gasteiger partial charge in [-0.3, -0.25) is 38.6 Å². The third kappa shape index (κ3) is 15.7. The molecule has 0 spiro atoms. The monoisotopic (exact) mass is 733 g/mol. The smallest absolute Gasteiger partial charge is 0.243 e. The molecule has 2 rings (SSSR count). The van der Waals surface area contributed by atoms with Crippen LogP contribution in [0, 0.1) is 11.7 Å². The van der Waals surface area contributed by atoms with E-state index in [4.69, 9.17) is 22.9 Å². The molecule has 1 aromatic rings.